The second-order valence-electron chi connectivity index (χ2n) is 4.62. The van der Waals surface area contributed by atoms with E-state index in [1.54, 1.807) is 11.3 Å². The van der Waals surface area contributed by atoms with E-state index in [0.29, 0.717) is 12.5 Å². The van der Waals surface area contributed by atoms with Crippen molar-refractivity contribution >= 4 is 17.2 Å². The largest absolute Gasteiger partial charge is 0.356 e. The van der Waals surface area contributed by atoms with E-state index in [9.17, 15) is 4.79 Å². The van der Waals surface area contributed by atoms with Crippen LogP contribution in [-0.2, 0) is 11.2 Å². The van der Waals surface area contributed by atoms with Gasteiger partial charge in [-0.25, -0.2) is 0 Å². The second-order valence-corrected chi connectivity index (χ2v) is 5.62. The molecular weight excluding hydrogens is 232 g/mol. The van der Waals surface area contributed by atoms with Crippen LogP contribution in [0, 0.1) is 6.92 Å². The Bertz CT molecular complexity index is 369. The van der Waals surface area contributed by atoms with Crippen molar-refractivity contribution in [3.8, 4) is 0 Å². The van der Waals surface area contributed by atoms with Gasteiger partial charge in [0.2, 0.25) is 5.91 Å². The first-order valence-electron chi connectivity index (χ1n) is 6.29. The molecule has 1 aromatic rings. The van der Waals surface area contributed by atoms with Crippen molar-refractivity contribution in [2.45, 2.75) is 38.6 Å². The van der Waals surface area contributed by atoms with E-state index in [-0.39, 0.29) is 5.91 Å². The Labute approximate surface area is 107 Å². The third-order valence-corrected chi connectivity index (χ3v) is 4.32. The molecule has 0 radical (unpaired) electrons. The SMILES string of the molecule is Cc1ccsc1CCNC(=O)CC1CCCN1. The average molecular weight is 252 g/mol. The van der Waals surface area contributed by atoms with Crippen LogP contribution in [0.4, 0.5) is 0 Å². The molecule has 0 bridgehead atoms. The van der Waals surface area contributed by atoms with Crippen LogP contribution in [0.5, 0.6) is 0 Å². The number of rotatable bonds is 5. The van der Waals surface area contributed by atoms with Crippen LogP contribution in [0.3, 0.4) is 0 Å². The summed E-state index contributed by atoms with van der Waals surface area (Å²) >= 11 is 1.77. The van der Waals surface area contributed by atoms with Gasteiger partial charge in [0.15, 0.2) is 0 Å². The van der Waals surface area contributed by atoms with Crippen LogP contribution in [0.15, 0.2) is 11.4 Å². The van der Waals surface area contributed by atoms with Gasteiger partial charge in [0, 0.05) is 23.9 Å². The molecule has 4 heteroatoms. The van der Waals surface area contributed by atoms with Crippen LogP contribution in [0.2, 0.25) is 0 Å². The van der Waals surface area contributed by atoms with Crippen molar-refractivity contribution < 1.29 is 4.79 Å². The zero-order valence-electron chi connectivity index (χ0n) is 10.3. The first-order chi connectivity index (χ1) is 8.25. The Morgan fingerprint density at radius 1 is 1.65 bits per heavy atom. The van der Waals surface area contributed by atoms with Gasteiger partial charge in [0.25, 0.3) is 0 Å². The highest BCUT2D eigenvalue weighted by atomic mass is 32.1. The van der Waals surface area contributed by atoms with E-state index in [2.05, 4.69) is 29.0 Å². The average Bonchev–Trinajstić information content (AvgIpc) is 2.91. The predicted octanol–water partition coefficient (Wildman–Crippen LogP) is 1.86. The molecule has 2 N–H and O–H groups in total. The number of hydrogen-bond acceptors (Lipinski definition) is 3. The number of nitrogens with one attached hydrogen (secondary N) is 2. The summed E-state index contributed by atoms with van der Waals surface area (Å²) in [6, 6.07) is 2.53. The monoisotopic (exact) mass is 252 g/mol. The van der Waals surface area contributed by atoms with Crippen molar-refractivity contribution in [3.05, 3.63) is 21.9 Å². The van der Waals surface area contributed by atoms with Crippen LogP contribution in [-0.4, -0.2) is 25.0 Å². The minimum absolute atomic E-state index is 0.179. The summed E-state index contributed by atoms with van der Waals surface area (Å²) in [6.45, 7) is 3.94. The highest BCUT2D eigenvalue weighted by Gasteiger charge is 2.17. The van der Waals surface area contributed by atoms with E-state index in [4.69, 9.17) is 0 Å². The van der Waals surface area contributed by atoms with Crippen molar-refractivity contribution in [2.24, 2.45) is 0 Å². The fraction of sp³-hybridized carbons (Fsp3) is 0.615. The van der Waals surface area contributed by atoms with Gasteiger partial charge < -0.3 is 10.6 Å². The van der Waals surface area contributed by atoms with Gasteiger partial charge in [-0.15, -0.1) is 11.3 Å². The van der Waals surface area contributed by atoms with Crippen LogP contribution < -0.4 is 10.6 Å². The maximum atomic E-state index is 11.7. The van der Waals surface area contributed by atoms with Gasteiger partial charge in [-0.1, -0.05) is 0 Å². The van der Waals surface area contributed by atoms with Crippen molar-refractivity contribution in [1.82, 2.24) is 10.6 Å². The highest BCUT2D eigenvalue weighted by molar-refractivity contribution is 7.10. The molecular formula is C13H20N2OS. The normalized spacial score (nSPS) is 19.5. The van der Waals surface area contributed by atoms with Gasteiger partial charge in [0.05, 0.1) is 0 Å². The molecule has 2 rings (SSSR count). The van der Waals surface area contributed by atoms with Crippen molar-refractivity contribution in [1.29, 1.82) is 0 Å². The molecule has 1 aliphatic heterocycles. The van der Waals surface area contributed by atoms with E-state index >= 15 is 0 Å². The predicted molar refractivity (Wildman–Crippen MR) is 71.4 cm³/mol. The number of carbonyl (C=O) groups is 1. The lowest BCUT2D eigenvalue weighted by molar-refractivity contribution is -0.121. The summed E-state index contributed by atoms with van der Waals surface area (Å²) in [5.74, 6) is 0.179. The highest BCUT2D eigenvalue weighted by Crippen LogP contribution is 2.15. The van der Waals surface area contributed by atoms with E-state index < -0.39 is 0 Å². The summed E-state index contributed by atoms with van der Waals surface area (Å²) < 4.78 is 0. The molecule has 1 amide bonds. The molecule has 2 heterocycles. The Morgan fingerprint density at radius 2 is 2.53 bits per heavy atom. The lowest BCUT2D eigenvalue weighted by Gasteiger charge is -2.10. The van der Waals surface area contributed by atoms with Crippen LogP contribution in [0.25, 0.3) is 0 Å². The quantitative estimate of drug-likeness (QED) is 0.840. The third-order valence-electron chi connectivity index (χ3n) is 3.24. The molecule has 3 nitrogen and oxygen atoms in total. The number of aryl methyl sites for hydroxylation is 1. The standard InChI is InChI=1S/C13H20N2OS/c1-10-5-8-17-12(10)4-7-15-13(16)9-11-3-2-6-14-11/h5,8,11,14H,2-4,6-7,9H2,1H3,(H,15,16). The second kappa shape index (κ2) is 6.17. The Balaban J connectivity index is 1.64. The Hall–Kier alpha value is -0.870. The molecule has 1 unspecified atom stereocenters. The molecule has 1 saturated heterocycles. The van der Waals surface area contributed by atoms with Crippen molar-refractivity contribution in [2.75, 3.05) is 13.1 Å². The van der Waals surface area contributed by atoms with Crippen LogP contribution in [0.1, 0.15) is 29.7 Å². The summed E-state index contributed by atoms with van der Waals surface area (Å²) in [5.41, 5.74) is 1.33. The maximum absolute atomic E-state index is 11.7. The van der Waals surface area contributed by atoms with E-state index in [1.165, 1.54) is 16.9 Å². The summed E-state index contributed by atoms with van der Waals surface area (Å²) in [6.07, 6.45) is 3.92. The fourth-order valence-corrected chi connectivity index (χ4v) is 3.11. The third kappa shape index (κ3) is 3.82. The number of thiophene rings is 1. The molecule has 0 aromatic carbocycles. The molecule has 0 aliphatic carbocycles. The fourth-order valence-electron chi connectivity index (χ4n) is 2.20. The number of hydrogen-bond donors (Lipinski definition) is 2. The molecule has 94 valence electrons. The topological polar surface area (TPSA) is 41.1 Å². The molecule has 0 spiro atoms. The zero-order chi connectivity index (χ0) is 12.1. The van der Waals surface area contributed by atoms with Gasteiger partial charge >= 0.3 is 0 Å². The van der Waals surface area contributed by atoms with Gasteiger partial charge in [-0.05, 0) is 49.7 Å². The van der Waals surface area contributed by atoms with E-state index in [1.807, 2.05) is 0 Å². The van der Waals surface area contributed by atoms with Gasteiger partial charge in [-0.3, -0.25) is 4.79 Å². The molecule has 1 fully saturated rings. The number of amides is 1. The molecule has 1 aromatic heterocycles. The number of carbonyl (C=O) groups excluding carboxylic acids is 1. The molecule has 1 atom stereocenters. The molecule has 17 heavy (non-hydrogen) atoms. The van der Waals surface area contributed by atoms with E-state index in [0.717, 1.165) is 25.9 Å². The van der Waals surface area contributed by atoms with Gasteiger partial charge in [-0.2, -0.15) is 0 Å². The summed E-state index contributed by atoms with van der Waals surface area (Å²) in [7, 11) is 0. The summed E-state index contributed by atoms with van der Waals surface area (Å²) in [5, 5.41) is 8.45. The lowest BCUT2D eigenvalue weighted by Crippen LogP contribution is -2.32. The molecule has 1 aliphatic rings. The smallest absolute Gasteiger partial charge is 0.221 e. The minimum atomic E-state index is 0.179. The first kappa shape index (κ1) is 12.6. The first-order valence-corrected chi connectivity index (χ1v) is 7.16. The Morgan fingerprint density at radius 3 is 3.18 bits per heavy atom. The summed E-state index contributed by atoms with van der Waals surface area (Å²) in [4.78, 5) is 13.0. The Kier molecular flexibility index (Phi) is 4.57. The lowest BCUT2D eigenvalue weighted by atomic mass is 10.1. The van der Waals surface area contributed by atoms with Gasteiger partial charge in [0.1, 0.15) is 0 Å². The molecule has 0 saturated carbocycles. The van der Waals surface area contributed by atoms with Crippen molar-refractivity contribution in [3.63, 3.8) is 0 Å². The minimum Gasteiger partial charge on any atom is -0.356 e. The maximum Gasteiger partial charge on any atom is 0.221 e. The van der Waals surface area contributed by atoms with Crippen LogP contribution >= 0.6 is 11.3 Å². The zero-order valence-corrected chi connectivity index (χ0v) is 11.1.